The number of imide groups is 1. The molecular formula is C23H23N7O6. The first kappa shape index (κ1) is 22.3. The molecule has 2 N–H and O–H groups in total. The fraction of sp³-hybridized carbons (Fsp3) is 0.435. The molecule has 0 radical (unpaired) electrons. The molecule has 5 amide bonds. The van der Waals surface area contributed by atoms with E-state index in [2.05, 4.69) is 20.9 Å². The number of aromatic nitrogens is 3. The second-order valence-corrected chi connectivity index (χ2v) is 9.58. The van der Waals surface area contributed by atoms with E-state index in [0.717, 1.165) is 5.56 Å². The summed E-state index contributed by atoms with van der Waals surface area (Å²) in [4.78, 5) is 64.4. The van der Waals surface area contributed by atoms with E-state index < -0.39 is 17.5 Å². The second-order valence-electron chi connectivity index (χ2n) is 9.58. The van der Waals surface area contributed by atoms with Crippen molar-refractivity contribution < 1.29 is 28.7 Å². The topological polar surface area (TPSA) is 156 Å². The van der Waals surface area contributed by atoms with Gasteiger partial charge in [-0.05, 0) is 36.6 Å². The first-order valence-corrected chi connectivity index (χ1v) is 11.7. The van der Waals surface area contributed by atoms with Crippen LogP contribution in [0.3, 0.4) is 0 Å². The smallest absolute Gasteiger partial charge is 0.276 e. The Morgan fingerprint density at radius 1 is 1.14 bits per heavy atom. The summed E-state index contributed by atoms with van der Waals surface area (Å²) in [5, 5.41) is 13.3. The van der Waals surface area contributed by atoms with Crippen LogP contribution in [-0.2, 0) is 25.7 Å². The minimum absolute atomic E-state index is 0.0294. The number of benzene rings is 1. The number of carbonyl (C=O) groups excluding carboxylic acids is 5. The van der Waals surface area contributed by atoms with E-state index in [9.17, 15) is 24.0 Å². The molecule has 5 heterocycles. The summed E-state index contributed by atoms with van der Waals surface area (Å²) < 4.78 is 6.72. The number of carbonyl (C=O) groups is 5. The highest BCUT2D eigenvalue weighted by Crippen LogP contribution is 2.30. The van der Waals surface area contributed by atoms with Gasteiger partial charge in [-0.15, -0.1) is 5.10 Å². The van der Waals surface area contributed by atoms with Crippen LogP contribution < -0.4 is 10.6 Å². The molecule has 1 unspecified atom stereocenters. The number of fused-ring (bicyclic) bond motifs is 1. The molecule has 6 rings (SSSR count). The number of piperidine rings is 1. The molecule has 186 valence electrons. The predicted octanol–water partition coefficient (Wildman–Crippen LogP) is -1.24. The Labute approximate surface area is 204 Å². The molecule has 36 heavy (non-hydrogen) atoms. The lowest BCUT2D eigenvalue weighted by atomic mass is 9.86. The van der Waals surface area contributed by atoms with Crippen LogP contribution in [0.2, 0.25) is 0 Å². The number of nitrogens with zero attached hydrogens (tertiary/aromatic N) is 5. The lowest BCUT2D eigenvalue weighted by Gasteiger charge is -2.49. The van der Waals surface area contributed by atoms with E-state index >= 15 is 0 Å². The summed E-state index contributed by atoms with van der Waals surface area (Å²) in [6.45, 7) is 1.48. The predicted molar refractivity (Wildman–Crippen MR) is 120 cm³/mol. The van der Waals surface area contributed by atoms with Crippen molar-refractivity contribution in [2.75, 3.05) is 26.3 Å². The molecule has 4 aliphatic heterocycles. The normalized spacial score (nSPS) is 23.2. The zero-order valence-corrected chi connectivity index (χ0v) is 19.2. The van der Waals surface area contributed by atoms with Crippen molar-refractivity contribution in [2.24, 2.45) is 0 Å². The standard InChI is InChI=1S/C23H23N7O6/c31-18-4-3-17(20(33)24-18)29-8-13-7-14(1-2-15(13)21(29)34)30-9-16(26-27-30)22(35)28-11-23(12-28)5-6-36-10-19(32)25-23/h1-2,7,9,17H,3-6,8,10-12H2,(H,25,32)(H,24,31,33). The summed E-state index contributed by atoms with van der Waals surface area (Å²) in [5.74, 6) is -1.52. The number of hydrogen-bond acceptors (Lipinski definition) is 8. The minimum Gasteiger partial charge on any atom is -0.372 e. The Kier molecular flexibility index (Phi) is 5.10. The first-order valence-electron chi connectivity index (χ1n) is 11.7. The third-order valence-electron chi connectivity index (χ3n) is 7.12. The van der Waals surface area contributed by atoms with Gasteiger partial charge in [-0.1, -0.05) is 5.21 Å². The SMILES string of the molecule is O=C1CCC(N2Cc3cc(-n4cc(C(=O)N5CC6(CCOCC(=O)N6)C5)nn4)ccc3C2=O)C(=O)N1. The molecule has 1 aromatic carbocycles. The number of amides is 5. The Morgan fingerprint density at radius 3 is 2.78 bits per heavy atom. The molecule has 1 aromatic heterocycles. The Hall–Kier alpha value is -4.13. The number of nitrogens with one attached hydrogen (secondary N) is 2. The van der Waals surface area contributed by atoms with Crippen molar-refractivity contribution >= 4 is 29.5 Å². The average Bonchev–Trinajstić information content (AvgIpc) is 3.38. The number of likely N-dealkylation sites (tertiary alicyclic amines) is 1. The van der Waals surface area contributed by atoms with Crippen LogP contribution in [0.4, 0.5) is 0 Å². The van der Waals surface area contributed by atoms with Crippen molar-refractivity contribution in [2.45, 2.75) is 37.4 Å². The van der Waals surface area contributed by atoms with Gasteiger partial charge in [0, 0.05) is 38.2 Å². The molecule has 0 saturated carbocycles. The van der Waals surface area contributed by atoms with Crippen LogP contribution >= 0.6 is 0 Å². The van der Waals surface area contributed by atoms with Gasteiger partial charge in [0.2, 0.25) is 17.7 Å². The zero-order chi connectivity index (χ0) is 25.0. The van der Waals surface area contributed by atoms with E-state index in [0.29, 0.717) is 43.8 Å². The number of ether oxygens (including phenoxy) is 1. The van der Waals surface area contributed by atoms with Crippen LogP contribution in [0.25, 0.3) is 5.69 Å². The van der Waals surface area contributed by atoms with E-state index in [1.807, 2.05) is 0 Å². The van der Waals surface area contributed by atoms with Gasteiger partial charge in [0.15, 0.2) is 5.69 Å². The molecule has 2 aromatic rings. The zero-order valence-electron chi connectivity index (χ0n) is 19.2. The molecule has 3 saturated heterocycles. The maximum absolute atomic E-state index is 12.9. The van der Waals surface area contributed by atoms with Gasteiger partial charge in [-0.3, -0.25) is 29.3 Å². The summed E-state index contributed by atoms with van der Waals surface area (Å²) in [6.07, 6.45) is 2.65. The van der Waals surface area contributed by atoms with E-state index in [-0.39, 0.29) is 48.9 Å². The van der Waals surface area contributed by atoms with E-state index in [1.54, 1.807) is 23.1 Å². The fourth-order valence-electron chi connectivity index (χ4n) is 5.25. The third kappa shape index (κ3) is 3.71. The molecule has 13 nitrogen and oxygen atoms in total. The highest BCUT2D eigenvalue weighted by atomic mass is 16.5. The van der Waals surface area contributed by atoms with Crippen LogP contribution in [0.1, 0.15) is 45.7 Å². The van der Waals surface area contributed by atoms with Gasteiger partial charge in [-0.2, -0.15) is 0 Å². The van der Waals surface area contributed by atoms with Gasteiger partial charge in [-0.25, -0.2) is 4.68 Å². The third-order valence-corrected chi connectivity index (χ3v) is 7.12. The van der Waals surface area contributed by atoms with Gasteiger partial charge in [0.05, 0.1) is 17.4 Å². The maximum Gasteiger partial charge on any atom is 0.276 e. The van der Waals surface area contributed by atoms with E-state index in [1.165, 1.54) is 15.8 Å². The molecule has 4 aliphatic rings. The highest BCUT2D eigenvalue weighted by molar-refractivity contribution is 6.05. The van der Waals surface area contributed by atoms with Crippen LogP contribution in [-0.4, -0.2) is 92.2 Å². The van der Waals surface area contributed by atoms with Crippen molar-refractivity contribution in [3.8, 4) is 5.69 Å². The minimum atomic E-state index is -0.689. The van der Waals surface area contributed by atoms with Crippen LogP contribution in [0.5, 0.6) is 0 Å². The molecule has 1 atom stereocenters. The van der Waals surface area contributed by atoms with Gasteiger partial charge in [0.1, 0.15) is 12.6 Å². The van der Waals surface area contributed by atoms with Crippen LogP contribution in [0.15, 0.2) is 24.4 Å². The van der Waals surface area contributed by atoms with Crippen molar-refractivity contribution in [1.82, 2.24) is 35.4 Å². The Bertz CT molecular complexity index is 1310. The molecule has 0 bridgehead atoms. The Balaban J connectivity index is 1.15. The average molecular weight is 493 g/mol. The van der Waals surface area contributed by atoms with Crippen LogP contribution in [0, 0.1) is 0 Å². The monoisotopic (exact) mass is 493 g/mol. The molecule has 13 heteroatoms. The largest absolute Gasteiger partial charge is 0.372 e. The highest BCUT2D eigenvalue weighted by Gasteiger charge is 2.47. The molecule has 1 spiro atoms. The maximum atomic E-state index is 12.9. The fourth-order valence-corrected chi connectivity index (χ4v) is 5.25. The molecule has 0 aliphatic carbocycles. The van der Waals surface area contributed by atoms with Crippen molar-refractivity contribution in [3.05, 3.63) is 41.2 Å². The lowest BCUT2D eigenvalue weighted by Crippen LogP contribution is -2.71. The summed E-state index contributed by atoms with van der Waals surface area (Å²) in [7, 11) is 0. The van der Waals surface area contributed by atoms with Crippen molar-refractivity contribution in [3.63, 3.8) is 0 Å². The first-order chi connectivity index (χ1) is 17.3. The van der Waals surface area contributed by atoms with Gasteiger partial charge < -0.3 is 19.9 Å². The number of rotatable bonds is 3. The lowest BCUT2D eigenvalue weighted by molar-refractivity contribution is -0.137. The summed E-state index contributed by atoms with van der Waals surface area (Å²) >= 11 is 0. The summed E-state index contributed by atoms with van der Waals surface area (Å²) in [6, 6.07) is 4.46. The van der Waals surface area contributed by atoms with E-state index in [4.69, 9.17) is 4.74 Å². The second kappa shape index (κ2) is 8.22. The quantitative estimate of drug-likeness (QED) is 0.503. The number of hydrogen-bond donors (Lipinski definition) is 2. The Morgan fingerprint density at radius 2 is 1.97 bits per heavy atom. The van der Waals surface area contributed by atoms with Gasteiger partial charge in [0.25, 0.3) is 11.8 Å². The van der Waals surface area contributed by atoms with Gasteiger partial charge >= 0.3 is 0 Å². The van der Waals surface area contributed by atoms with Crippen molar-refractivity contribution in [1.29, 1.82) is 0 Å². The molecule has 3 fully saturated rings. The molecular weight excluding hydrogens is 470 g/mol. The summed E-state index contributed by atoms with van der Waals surface area (Å²) in [5.41, 5.74) is 1.54.